The molecule has 0 spiro atoms. The van der Waals surface area contributed by atoms with Crippen molar-refractivity contribution >= 4 is 5.96 Å². The quantitative estimate of drug-likeness (QED) is 0.645. The van der Waals surface area contributed by atoms with E-state index in [4.69, 9.17) is 0 Å². The van der Waals surface area contributed by atoms with Crippen molar-refractivity contribution in [1.29, 1.82) is 0 Å². The first-order chi connectivity index (χ1) is 10.3. The summed E-state index contributed by atoms with van der Waals surface area (Å²) in [7, 11) is 0. The molecule has 0 unspecified atom stereocenters. The van der Waals surface area contributed by atoms with Gasteiger partial charge in [0, 0.05) is 31.2 Å². The number of nitrogens with one attached hydrogen (secondary N) is 2. The van der Waals surface area contributed by atoms with Gasteiger partial charge in [-0.1, -0.05) is 0 Å². The van der Waals surface area contributed by atoms with Gasteiger partial charge in [0.15, 0.2) is 5.96 Å². The first kappa shape index (κ1) is 13.6. The predicted octanol–water partition coefficient (Wildman–Crippen LogP) is 1.48. The highest BCUT2D eigenvalue weighted by molar-refractivity contribution is 5.80. The van der Waals surface area contributed by atoms with Crippen LogP contribution in [0, 0.1) is 0 Å². The van der Waals surface area contributed by atoms with E-state index in [0.717, 1.165) is 23.9 Å². The van der Waals surface area contributed by atoms with Crippen LogP contribution < -0.4 is 10.6 Å². The highest BCUT2D eigenvalue weighted by atomic mass is 15.2. The van der Waals surface area contributed by atoms with Gasteiger partial charge in [-0.05, 0) is 37.5 Å². The van der Waals surface area contributed by atoms with E-state index in [1.807, 2.05) is 22.9 Å². The Bertz CT molecular complexity index is 600. The number of nitrogens with zero attached hydrogens (tertiary/aromatic N) is 4. The Labute approximate surface area is 124 Å². The molecule has 0 amide bonds. The van der Waals surface area contributed by atoms with Gasteiger partial charge in [-0.25, -0.2) is 15.0 Å². The Hall–Kier alpha value is -2.37. The number of guanidine groups is 1. The van der Waals surface area contributed by atoms with Crippen molar-refractivity contribution in [3.8, 4) is 5.82 Å². The summed E-state index contributed by atoms with van der Waals surface area (Å²) >= 11 is 0. The standard InChI is InChI=1S/C15H20N6/c1-2-17-15(20-13-3-4-13)19-10-12-5-6-18-14(9-12)21-8-7-16-11-21/h5-9,11,13H,2-4,10H2,1H3,(H2,17,19,20). The molecule has 0 saturated heterocycles. The maximum atomic E-state index is 4.63. The third kappa shape index (κ3) is 3.81. The van der Waals surface area contributed by atoms with Gasteiger partial charge in [0.25, 0.3) is 0 Å². The molecule has 1 saturated carbocycles. The molecule has 2 heterocycles. The van der Waals surface area contributed by atoms with Gasteiger partial charge < -0.3 is 10.6 Å². The van der Waals surface area contributed by atoms with Crippen LogP contribution in [0.5, 0.6) is 0 Å². The lowest BCUT2D eigenvalue weighted by Crippen LogP contribution is -2.38. The monoisotopic (exact) mass is 284 g/mol. The van der Waals surface area contributed by atoms with E-state index in [0.29, 0.717) is 12.6 Å². The normalized spacial score (nSPS) is 15.0. The van der Waals surface area contributed by atoms with Crippen molar-refractivity contribution < 1.29 is 0 Å². The van der Waals surface area contributed by atoms with Gasteiger partial charge in [0.1, 0.15) is 12.1 Å². The van der Waals surface area contributed by atoms with Crippen LogP contribution in [0.1, 0.15) is 25.3 Å². The number of imidazole rings is 1. The molecule has 1 fully saturated rings. The van der Waals surface area contributed by atoms with Crippen LogP contribution in [0.2, 0.25) is 0 Å². The first-order valence-corrected chi connectivity index (χ1v) is 7.33. The Morgan fingerprint density at radius 1 is 1.43 bits per heavy atom. The third-order valence-corrected chi connectivity index (χ3v) is 3.26. The predicted molar refractivity (Wildman–Crippen MR) is 82.3 cm³/mol. The van der Waals surface area contributed by atoms with Crippen molar-refractivity contribution in [2.45, 2.75) is 32.4 Å². The fourth-order valence-electron chi connectivity index (χ4n) is 2.01. The summed E-state index contributed by atoms with van der Waals surface area (Å²) < 4.78 is 1.89. The summed E-state index contributed by atoms with van der Waals surface area (Å²) in [5.41, 5.74) is 1.13. The molecule has 0 atom stereocenters. The number of rotatable bonds is 5. The van der Waals surface area contributed by atoms with Gasteiger partial charge in [-0.2, -0.15) is 0 Å². The second-order valence-corrected chi connectivity index (χ2v) is 5.11. The molecular weight excluding hydrogens is 264 g/mol. The molecule has 1 aliphatic rings. The zero-order chi connectivity index (χ0) is 14.5. The van der Waals surface area contributed by atoms with E-state index in [-0.39, 0.29) is 0 Å². The van der Waals surface area contributed by atoms with E-state index < -0.39 is 0 Å². The van der Waals surface area contributed by atoms with Gasteiger partial charge in [-0.3, -0.25) is 4.57 Å². The van der Waals surface area contributed by atoms with Crippen LogP contribution in [-0.2, 0) is 6.54 Å². The molecule has 0 aromatic carbocycles. The van der Waals surface area contributed by atoms with Gasteiger partial charge >= 0.3 is 0 Å². The zero-order valence-corrected chi connectivity index (χ0v) is 12.2. The molecule has 2 aromatic rings. The Balaban J connectivity index is 1.69. The molecule has 0 radical (unpaired) electrons. The van der Waals surface area contributed by atoms with E-state index in [9.17, 15) is 0 Å². The van der Waals surface area contributed by atoms with Crippen LogP contribution in [0.4, 0.5) is 0 Å². The molecular formula is C15H20N6. The molecule has 6 nitrogen and oxygen atoms in total. The maximum absolute atomic E-state index is 4.63. The minimum absolute atomic E-state index is 0.599. The van der Waals surface area contributed by atoms with Crippen molar-refractivity contribution in [2.75, 3.05) is 6.54 Å². The molecule has 6 heteroatoms. The minimum atomic E-state index is 0.599. The molecule has 0 aliphatic heterocycles. The molecule has 0 bridgehead atoms. The Kier molecular flexibility index (Phi) is 4.14. The topological polar surface area (TPSA) is 67.1 Å². The minimum Gasteiger partial charge on any atom is -0.357 e. The lowest BCUT2D eigenvalue weighted by atomic mass is 10.2. The molecule has 21 heavy (non-hydrogen) atoms. The fourth-order valence-corrected chi connectivity index (χ4v) is 2.01. The molecule has 2 aromatic heterocycles. The molecule has 110 valence electrons. The van der Waals surface area contributed by atoms with E-state index in [1.165, 1.54) is 12.8 Å². The Morgan fingerprint density at radius 3 is 3.05 bits per heavy atom. The number of hydrogen-bond donors (Lipinski definition) is 2. The van der Waals surface area contributed by atoms with Crippen LogP contribution in [-0.4, -0.2) is 33.1 Å². The van der Waals surface area contributed by atoms with Crippen molar-refractivity contribution in [1.82, 2.24) is 25.2 Å². The van der Waals surface area contributed by atoms with Crippen LogP contribution in [0.3, 0.4) is 0 Å². The number of aliphatic imine (C=N–C) groups is 1. The van der Waals surface area contributed by atoms with E-state index in [2.05, 4.69) is 32.5 Å². The highest BCUT2D eigenvalue weighted by Crippen LogP contribution is 2.18. The van der Waals surface area contributed by atoms with Crippen molar-refractivity contribution in [3.05, 3.63) is 42.6 Å². The summed E-state index contributed by atoms with van der Waals surface area (Å²) in [4.78, 5) is 13.0. The lowest BCUT2D eigenvalue weighted by molar-refractivity contribution is 0.811. The van der Waals surface area contributed by atoms with Crippen LogP contribution >= 0.6 is 0 Å². The summed E-state index contributed by atoms with van der Waals surface area (Å²) in [6, 6.07) is 4.62. The maximum Gasteiger partial charge on any atom is 0.191 e. The first-order valence-electron chi connectivity index (χ1n) is 7.33. The second kappa shape index (κ2) is 6.39. The van der Waals surface area contributed by atoms with Crippen molar-refractivity contribution in [3.63, 3.8) is 0 Å². The third-order valence-electron chi connectivity index (χ3n) is 3.26. The molecule has 2 N–H and O–H groups in total. The second-order valence-electron chi connectivity index (χ2n) is 5.11. The highest BCUT2D eigenvalue weighted by Gasteiger charge is 2.21. The van der Waals surface area contributed by atoms with Crippen LogP contribution in [0.25, 0.3) is 5.82 Å². The smallest absolute Gasteiger partial charge is 0.191 e. The number of pyridine rings is 1. The summed E-state index contributed by atoms with van der Waals surface area (Å²) in [5, 5.41) is 6.69. The van der Waals surface area contributed by atoms with E-state index in [1.54, 1.807) is 18.7 Å². The average molecular weight is 284 g/mol. The zero-order valence-electron chi connectivity index (χ0n) is 12.2. The van der Waals surface area contributed by atoms with E-state index >= 15 is 0 Å². The van der Waals surface area contributed by atoms with Gasteiger partial charge in [-0.15, -0.1) is 0 Å². The molecule has 1 aliphatic carbocycles. The number of aromatic nitrogens is 3. The summed E-state index contributed by atoms with van der Waals surface area (Å²) in [5.74, 6) is 1.75. The average Bonchev–Trinajstić information content (AvgIpc) is 3.15. The largest absolute Gasteiger partial charge is 0.357 e. The Morgan fingerprint density at radius 2 is 2.33 bits per heavy atom. The lowest BCUT2D eigenvalue weighted by Gasteiger charge is -2.10. The fraction of sp³-hybridized carbons (Fsp3) is 0.400. The van der Waals surface area contributed by atoms with Gasteiger partial charge in [0.2, 0.25) is 0 Å². The molecule has 3 rings (SSSR count). The SMILES string of the molecule is CCNC(=NCc1ccnc(-n2ccnc2)c1)NC1CC1. The summed E-state index contributed by atoms with van der Waals surface area (Å²) in [6.07, 6.45) is 9.66. The van der Waals surface area contributed by atoms with Crippen LogP contribution in [0.15, 0.2) is 42.0 Å². The van der Waals surface area contributed by atoms with Crippen molar-refractivity contribution in [2.24, 2.45) is 4.99 Å². The summed E-state index contributed by atoms with van der Waals surface area (Å²) in [6.45, 7) is 3.58. The van der Waals surface area contributed by atoms with Gasteiger partial charge in [0.05, 0.1) is 6.54 Å². The number of hydrogen-bond acceptors (Lipinski definition) is 3.